The van der Waals surface area contributed by atoms with Crippen molar-refractivity contribution in [2.24, 2.45) is 0 Å². The van der Waals surface area contributed by atoms with E-state index in [1.165, 1.54) is 19.2 Å². The quantitative estimate of drug-likeness (QED) is 0.329. The summed E-state index contributed by atoms with van der Waals surface area (Å²) in [5.41, 5.74) is 0.188. The molecule has 0 aromatic carbocycles. The lowest BCUT2D eigenvalue weighted by Gasteiger charge is -2.27. The highest BCUT2D eigenvalue weighted by Crippen LogP contribution is 2.26. The second-order valence-electron chi connectivity index (χ2n) is 3.30. The molecule has 0 aliphatic heterocycles. The average molecular weight is 230 g/mol. The van der Waals surface area contributed by atoms with Crippen LogP contribution in [-0.4, -0.2) is 41.2 Å². The van der Waals surface area contributed by atoms with E-state index in [0.717, 1.165) is 0 Å². The predicted molar refractivity (Wildman–Crippen MR) is 54.8 cm³/mol. The zero-order chi connectivity index (χ0) is 12.2. The minimum atomic E-state index is -1.60. The molecule has 0 saturated heterocycles. The number of ether oxygens (including phenoxy) is 1. The number of nitrogens with zero attached hydrogens (tertiary/aromatic N) is 1. The van der Waals surface area contributed by atoms with Crippen LogP contribution in [0.5, 0.6) is 0 Å². The summed E-state index contributed by atoms with van der Waals surface area (Å²) in [5, 5.41) is 31.8. The fraction of sp³-hybridized carbons (Fsp3) is 0.556. The Bertz CT molecular complexity index is 339. The Hall–Kier alpha value is -1.44. The van der Waals surface area contributed by atoms with E-state index in [2.05, 4.69) is 5.32 Å². The van der Waals surface area contributed by atoms with Gasteiger partial charge in [0.15, 0.2) is 5.79 Å². The van der Waals surface area contributed by atoms with Crippen molar-refractivity contribution in [3.63, 3.8) is 0 Å². The Balaban J connectivity index is 2.83. The second-order valence-corrected chi connectivity index (χ2v) is 3.30. The first-order chi connectivity index (χ1) is 7.52. The van der Waals surface area contributed by atoms with Gasteiger partial charge in [0, 0.05) is 13.1 Å². The van der Waals surface area contributed by atoms with E-state index in [4.69, 9.17) is 9.84 Å². The van der Waals surface area contributed by atoms with E-state index < -0.39 is 10.7 Å². The Morgan fingerprint density at radius 2 is 2.44 bits per heavy atom. The third-order valence-electron chi connectivity index (χ3n) is 2.18. The van der Waals surface area contributed by atoms with Crippen LogP contribution < -0.4 is 5.32 Å². The van der Waals surface area contributed by atoms with Crippen molar-refractivity contribution in [3.05, 3.63) is 33.7 Å². The van der Waals surface area contributed by atoms with Gasteiger partial charge in [0.05, 0.1) is 30.3 Å². The summed E-state index contributed by atoms with van der Waals surface area (Å²) >= 11 is 0. The van der Waals surface area contributed by atoms with Gasteiger partial charge in [-0.1, -0.05) is 0 Å². The van der Waals surface area contributed by atoms with Gasteiger partial charge in [-0.15, -0.1) is 0 Å². The Kier molecular flexibility index (Phi) is 3.99. The molecule has 1 atom stereocenters. The zero-order valence-electron chi connectivity index (χ0n) is 8.84. The van der Waals surface area contributed by atoms with Crippen molar-refractivity contribution in [2.45, 2.75) is 12.2 Å². The Labute approximate surface area is 92.2 Å². The molecule has 0 fully saturated rings. The molecule has 0 spiro atoms. The first-order valence-electron chi connectivity index (χ1n) is 4.74. The molecule has 0 aromatic rings. The molecular weight excluding hydrogens is 216 g/mol. The van der Waals surface area contributed by atoms with Crippen LogP contribution in [0.25, 0.3) is 0 Å². The lowest BCUT2D eigenvalue weighted by atomic mass is 10.0. The zero-order valence-corrected chi connectivity index (χ0v) is 8.84. The molecule has 16 heavy (non-hydrogen) atoms. The summed E-state index contributed by atoms with van der Waals surface area (Å²) in [6, 6.07) is 0. The number of hydrogen-bond donors (Lipinski definition) is 3. The molecule has 0 saturated carbocycles. The molecule has 0 radical (unpaired) electrons. The van der Waals surface area contributed by atoms with Gasteiger partial charge < -0.3 is 20.3 Å². The second kappa shape index (κ2) is 5.06. The van der Waals surface area contributed by atoms with E-state index in [1.54, 1.807) is 0 Å². The molecule has 0 bridgehead atoms. The Morgan fingerprint density at radius 3 is 2.94 bits per heavy atom. The van der Waals surface area contributed by atoms with E-state index in [0.29, 0.717) is 0 Å². The summed E-state index contributed by atoms with van der Waals surface area (Å²) in [5.74, 6) is -1.60. The summed E-state index contributed by atoms with van der Waals surface area (Å²) in [6.45, 7) is -0.261. The summed E-state index contributed by atoms with van der Waals surface area (Å²) in [6.07, 6.45) is 2.35. The minimum absolute atomic E-state index is 0.0361. The molecule has 1 aliphatic rings. The van der Waals surface area contributed by atoms with Crippen molar-refractivity contribution < 1.29 is 19.9 Å². The number of hydrogen-bond acceptors (Lipinski definition) is 6. The molecule has 1 aliphatic carbocycles. The number of allylic oxidation sites excluding steroid dienone is 1. The third kappa shape index (κ3) is 2.78. The van der Waals surface area contributed by atoms with Crippen LogP contribution in [-0.2, 0) is 4.74 Å². The number of rotatable bonds is 5. The first-order valence-corrected chi connectivity index (χ1v) is 4.74. The summed E-state index contributed by atoms with van der Waals surface area (Å²) in [7, 11) is 1.53. The SMILES string of the molecule is CNC1=C([N+](=O)[O-])C=CC(O)(OCCO)C1. The fourth-order valence-corrected chi connectivity index (χ4v) is 1.42. The number of nitro groups is 1. The lowest BCUT2D eigenvalue weighted by Crippen LogP contribution is -2.36. The smallest absolute Gasteiger partial charge is 0.288 e. The van der Waals surface area contributed by atoms with Gasteiger partial charge in [-0.2, -0.15) is 0 Å². The molecule has 0 aromatic heterocycles. The minimum Gasteiger partial charge on any atom is -0.394 e. The molecule has 3 N–H and O–H groups in total. The van der Waals surface area contributed by atoms with E-state index >= 15 is 0 Å². The predicted octanol–water partition coefficient (Wildman–Crippen LogP) is -0.649. The highest BCUT2D eigenvalue weighted by Gasteiger charge is 2.33. The average Bonchev–Trinajstić information content (AvgIpc) is 2.26. The van der Waals surface area contributed by atoms with Crippen molar-refractivity contribution in [1.29, 1.82) is 0 Å². The Morgan fingerprint density at radius 1 is 1.75 bits per heavy atom. The van der Waals surface area contributed by atoms with Gasteiger partial charge in [-0.25, -0.2) is 0 Å². The van der Waals surface area contributed by atoms with E-state index in [9.17, 15) is 15.2 Å². The standard InChI is InChI=1S/C9H14N2O5/c1-10-7-6-9(13,16-5-4-12)3-2-8(7)11(14)15/h2-3,10,12-13H,4-6H2,1H3. The highest BCUT2D eigenvalue weighted by molar-refractivity contribution is 5.27. The maximum atomic E-state index is 10.6. The van der Waals surface area contributed by atoms with Gasteiger partial charge in [-0.3, -0.25) is 10.1 Å². The summed E-state index contributed by atoms with van der Waals surface area (Å²) in [4.78, 5) is 10.1. The normalized spacial score (nSPS) is 24.7. The van der Waals surface area contributed by atoms with Crippen LogP contribution in [0, 0.1) is 10.1 Å². The monoisotopic (exact) mass is 230 g/mol. The van der Waals surface area contributed by atoms with Crippen LogP contribution >= 0.6 is 0 Å². The van der Waals surface area contributed by atoms with Gasteiger partial charge in [0.1, 0.15) is 0 Å². The number of aliphatic hydroxyl groups is 2. The van der Waals surface area contributed by atoms with Crippen molar-refractivity contribution in [2.75, 3.05) is 20.3 Å². The molecule has 7 heteroatoms. The van der Waals surface area contributed by atoms with Crippen LogP contribution in [0.3, 0.4) is 0 Å². The van der Waals surface area contributed by atoms with Crippen molar-refractivity contribution in [1.82, 2.24) is 5.32 Å². The third-order valence-corrected chi connectivity index (χ3v) is 2.18. The van der Waals surface area contributed by atoms with Crippen LogP contribution in [0.1, 0.15) is 6.42 Å². The summed E-state index contributed by atoms with van der Waals surface area (Å²) < 4.78 is 5.00. The van der Waals surface area contributed by atoms with E-state index in [1.807, 2.05) is 0 Å². The molecule has 90 valence electrons. The van der Waals surface area contributed by atoms with Gasteiger partial charge in [0.2, 0.25) is 0 Å². The van der Waals surface area contributed by atoms with Crippen LogP contribution in [0.4, 0.5) is 0 Å². The molecule has 0 heterocycles. The number of nitrogens with one attached hydrogen (secondary N) is 1. The maximum absolute atomic E-state index is 10.6. The molecular formula is C9H14N2O5. The molecule has 1 unspecified atom stereocenters. The van der Waals surface area contributed by atoms with Gasteiger partial charge in [-0.05, 0) is 6.08 Å². The number of aliphatic hydroxyl groups excluding tert-OH is 1. The molecule has 1 rings (SSSR count). The fourth-order valence-electron chi connectivity index (χ4n) is 1.42. The van der Waals surface area contributed by atoms with E-state index in [-0.39, 0.29) is 31.0 Å². The lowest BCUT2D eigenvalue weighted by molar-refractivity contribution is -0.421. The molecule has 7 nitrogen and oxygen atoms in total. The van der Waals surface area contributed by atoms with Crippen LogP contribution in [0.15, 0.2) is 23.5 Å². The maximum Gasteiger partial charge on any atom is 0.288 e. The van der Waals surface area contributed by atoms with Gasteiger partial charge >= 0.3 is 0 Å². The molecule has 0 amide bonds. The first kappa shape index (κ1) is 12.6. The highest BCUT2D eigenvalue weighted by atomic mass is 16.6. The topological polar surface area (TPSA) is 105 Å². The van der Waals surface area contributed by atoms with Crippen molar-refractivity contribution >= 4 is 0 Å². The van der Waals surface area contributed by atoms with Crippen LogP contribution in [0.2, 0.25) is 0 Å². The van der Waals surface area contributed by atoms with Crippen molar-refractivity contribution in [3.8, 4) is 0 Å². The van der Waals surface area contributed by atoms with Gasteiger partial charge in [0.25, 0.3) is 5.70 Å². The largest absolute Gasteiger partial charge is 0.394 e.